The van der Waals surface area contributed by atoms with Crippen LogP contribution in [0.1, 0.15) is 17.3 Å². The summed E-state index contributed by atoms with van der Waals surface area (Å²) in [5, 5.41) is 1.20. The zero-order chi connectivity index (χ0) is 15.3. The van der Waals surface area contributed by atoms with E-state index in [1.807, 2.05) is 18.2 Å². The van der Waals surface area contributed by atoms with Gasteiger partial charge in [-0.15, -0.1) is 0 Å². The Bertz CT molecular complexity index is 650. The molecule has 0 heterocycles. The molecule has 0 aliphatic heterocycles. The molecule has 4 nitrogen and oxygen atoms in total. The first kappa shape index (κ1) is 15.5. The van der Waals surface area contributed by atoms with Crippen molar-refractivity contribution in [1.29, 1.82) is 0 Å². The summed E-state index contributed by atoms with van der Waals surface area (Å²) in [6, 6.07) is 15.6. The molecule has 1 unspecified atom stereocenters. The third-order valence-electron chi connectivity index (χ3n) is 3.04. The SMILES string of the molecule is CCOP(=O)(c1ccccc1)c1ccc(C(=O)OC)cc1. The smallest absolute Gasteiger partial charge is 0.337 e. The largest absolute Gasteiger partial charge is 0.465 e. The van der Waals surface area contributed by atoms with Gasteiger partial charge in [0.15, 0.2) is 0 Å². The summed E-state index contributed by atoms with van der Waals surface area (Å²) in [6.45, 7) is 2.14. The molecule has 1 atom stereocenters. The molecule has 0 radical (unpaired) electrons. The van der Waals surface area contributed by atoms with Gasteiger partial charge >= 0.3 is 5.97 Å². The highest BCUT2D eigenvalue weighted by atomic mass is 31.2. The van der Waals surface area contributed by atoms with Crippen molar-refractivity contribution in [2.24, 2.45) is 0 Å². The number of ether oxygens (including phenoxy) is 1. The maximum atomic E-state index is 13.2. The maximum Gasteiger partial charge on any atom is 0.337 e. The summed E-state index contributed by atoms with van der Waals surface area (Å²) in [5.74, 6) is -0.424. The normalized spacial score (nSPS) is 13.4. The minimum atomic E-state index is -3.13. The van der Waals surface area contributed by atoms with Crippen LogP contribution in [0.4, 0.5) is 0 Å². The second kappa shape index (κ2) is 6.70. The molecule has 0 aliphatic carbocycles. The predicted molar refractivity (Wildman–Crippen MR) is 82.7 cm³/mol. The molecule has 0 bridgehead atoms. The molecular weight excluding hydrogens is 287 g/mol. The Morgan fingerprint density at radius 1 is 1.00 bits per heavy atom. The van der Waals surface area contributed by atoms with Crippen molar-refractivity contribution in [3.8, 4) is 0 Å². The van der Waals surface area contributed by atoms with E-state index in [1.165, 1.54) is 7.11 Å². The fourth-order valence-electron chi connectivity index (χ4n) is 2.02. The number of carbonyl (C=O) groups is 1. The molecule has 2 aromatic carbocycles. The van der Waals surface area contributed by atoms with E-state index in [0.29, 0.717) is 22.8 Å². The first-order chi connectivity index (χ1) is 10.1. The van der Waals surface area contributed by atoms with Crippen LogP contribution in [0.15, 0.2) is 54.6 Å². The van der Waals surface area contributed by atoms with Gasteiger partial charge in [0.2, 0.25) is 0 Å². The number of hydrogen-bond acceptors (Lipinski definition) is 4. The van der Waals surface area contributed by atoms with E-state index in [0.717, 1.165) is 0 Å². The summed E-state index contributed by atoms with van der Waals surface area (Å²) in [7, 11) is -1.81. The number of carbonyl (C=O) groups excluding carboxylic acids is 1. The maximum absolute atomic E-state index is 13.2. The fourth-order valence-corrected chi connectivity index (χ4v) is 4.08. The van der Waals surface area contributed by atoms with Crippen molar-refractivity contribution in [2.45, 2.75) is 6.92 Å². The van der Waals surface area contributed by atoms with Gasteiger partial charge in [-0.1, -0.05) is 18.2 Å². The molecule has 0 amide bonds. The zero-order valence-corrected chi connectivity index (χ0v) is 12.9. The van der Waals surface area contributed by atoms with Crippen molar-refractivity contribution >= 4 is 23.9 Å². The van der Waals surface area contributed by atoms with Gasteiger partial charge < -0.3 is 9.26 Å². The second-order valence-corrected chi connectivity index (χ2v) is 6.74. The zero-order valence-electron chi connectivity index (χ0n) is 12.0. The molecule has 5 heteroatoms. The predicted octanol–water partition coefficient (Wildman–Crippen LogP) is 2.74. The lowest BCUT2D eigenvalue weighted by Gasteiger charge is -2.18. The summed E-state index contributed by atoms with van der Waals surface area (Å²) in [4.78, 5) is 11.4. The van der Waals surface area contributed by atoms with E-state index < -0.39 is 13.3 Å². The van der Waals surface area contributed by atoms with Crippen molar-refractivity contribution in [3.05, 3.63) is 60.2 Å². The van der Waals surface area contributed by atoms with Crippen molar-refractivity contribution in [3.63, 3.8) is 0 Å². The number of rotatable bonds is 5. The van der Waals surface area contributed by atoms with Crippen LogP contribution in [0.5, 0.6) is 0 Å². The van der Waals surface area contributed by atoms with E-state index in [9.17, 15) is 9.36 Å². The highest BCUT2D eigenvalue weighted by Gasteiger charge is 2.28. The summed E-state index contributed by atoms with van der Waals surface area (Å²) < 4.78 is 23.5. The molecule has 0 spiro atoms. The fraction of sp³-hybridized carbons (Fsp3) is 0.188. The third-order valence-corrected chi connectivity index (χ3v) is 5.61. The molecule has 0 saturated heterocycles. The quantitative estimate of drug-likeness (QED) is 0.629. The van der Waals surface area contributed by atoms with E-state index >= 15 is 0 Å². The van der Waals surface area contributed by atoms with Gasteiger partial charge in [-0.25, -0.2) is 4.79 Å². The van der Waals surface area contributed by atoms with E-state index in [1.54, 1.807) is 43.3 Å². The van der Waals surface area contributed by atoms with Gasteiger partial charge in [-0.05, 0) is 43.3 Å². The lowest BCUT2D eigenvalue weighted by molar-refractivity contribution is 0.0600. The van der Waals surface area contributed by atoms with E-state index in [-0.39, 0.29) is 0 Å². The number of methoxy groups -OCH3 is 1. The van der Waals surface area contributed by atoms with Crippen molar-refractivity contribution in [2.75, 3.05) is 13.7 Å². The molecule has 0 aromatic heterocycles. The monoisotopic (exact) mass is 304 g/mol. The standard InChI is InChI=1S/C16H17O4P/c1-3-20-21(18,14-7-5-4-6-8-14)15-11-9-13(10-12-15)16(17)19-2/h4-12H,3H2,1-2H3. The van der Waals surface area contributed by atoms with Crippen LogP contribution >= 0.6 is 7.37 Å². The van der Waals surface area contributed by atoms with Crippen LogP contribution in [0.3, 0.4) is 0 Å². The highest BCUT2D eigenvalue weighted by molar-refractivity contribution is 7.74. The number of esters is 1. The van der Waals surface area contributed by atoms with Crippen molar-refractivity contribution in [1.82, 2.24) is 0 Å². The van der Waals surface area contributed by atoms with Crippen LogP contribution in [-0.2, 0) is 13.8 Å². The Hall–Kier alpha value is -1.90. The second-order valence-electron chi connectivity index (χ2n) is 4.34. The van der Waals surface area contributed by atoms with Crippen LogP contribution in [0, 0.1) is 0 Å². The van der Waals surface area contributed by atoms with Gasteiger partial charge in [0, 0.05) is 10.6 Å². The molecule has 2 aromatic rings. The molecule has 0 saturated carbocycles. The Balaban J connectivity index is 2.44. The minimum absolute atomic E-state index is 0.338. The van der Waals surface area contributed by atoms with Crippen LogP contribution in [0.2, 0.25) is 0 Å². The molecule has 21 heavy (non-hydrogen) atoms. The minimum Gasteiger partial charge on any atom is -0.465 e. The van der Waals surface area contributed by atoms with Crippen LogP contribution in [0.25, 0.3) is 0 Å². The van der Waals surface area contributed by atoms with Gasteiger partial charge in [0.05, 0.1) is 19.3 Å². The van der Waals surface area contributed by atoms with E-state index in [4.69, 9.17) is 4.52 Å². The third kappa shape index (κ3) is 3.23. The van der Waals surface area contributed by atoms with Gasteiger partial charge in [-0.3, -0.25) is 4.57 Å². The van der Waals surface area contributed by atoms with Crippen molar-refractivity contribution < 1.29 is 18.6 Å². The first-order valence-electron chi connectivity index (χ1n) is 6.61. The van der Waals surface area contributed by atoms with Gasteiger partial charge in [0.1, 0.15) is 0 Å². The Kier molecular flexibility index (Phi) is 4.94. The Morgan fingerprint density at radius 3 is 2.10 bits per heavy atom. The molecular formula is C16H17O4P. The lowest BCUT2D eigenvalue weighted by Crippen LogP contribution is -2.18. The lowest BCUT2D eigenvalue weighted by atomic mass is 10.2. The van der Waals surface area contributed by atoms with Gasteiger partial charge in [-0.2, -0.15) is 0 Å². The van der Waals surface area contributed by atoms with Gasteiger partial charge in [0.25, 0.3) is 7.37 Å². The van der Waals surface area contributed by atoms with E-state index in [2.05, 4.69) is 4.74 Å². The average molecular weight is 304 g/mol. The molecule has 0 N–H and O–H groups in total. The highest BCUT2D eigenvalue weighted by Crippen LogP contribution is 2.44. The topological polar surface area (TPSA) is 52.6 Å². The Morgan fingerprint density at radius 2 is 1.57 bits per heavy atom. The first-order valence-corrected chi connectivity index (χ1v) is 8.23. The molecule has 2 rings (SSSR count). The van der Waals surface area contributed by atoms with Crippen LogP contribution < -0.4 is 10.6 Å². The molecule has 0 aliphatic rings. The number of benzene rings is 2. The summed E-state index contributed by atoms with van der Waals surface area (Å²) in [5.41, 5.74) is 0.414. The molecule has 110 valence electrons. The molecule has 0 fully saturated rings. The number of hydrogen-bond donors (Lipinski definition) is 0. The average Bonchev–Trinajstić information content (AvgIpc) is 2.55. The summed E-state index contributed by atoms with van der Waals surface area (Å²) >= 11 is 0. The Labute approximate surface area is 124 Å². The summed E-state index contributed by atoms with van der Waals surface area (Å²) in [6.07, 6.45) is 0. The van der Waals surface area contributed by atoms with Crippen LogP contribution in [-0.4, -0.2) is 19.7 Å².